The smallest absolute Gasteiger partial charge is 0.315 e. The Balaban J connectivity index is 1.39. The molecule has 0 unspecified atom stereocenters. The van der Waals surface area contributed by atoms with Gasteiger partial charge in [0.1, 0.15) is 0 Å². The lowest BCUT2D eigenvalue weighted by Crippen LogP contribution is -2.37. The van der Waals surface area contributed by atoms with Crippen molar-refractivity contribution in [2.75, 3.05) is 13.1 Å². The molecule has 1 aliphatic heterocycles. The van der Waals surface area contributed by atoms with Crippen LogP contribution < -0.4 is 10.6 Å². The molecule has 1 heterocycles. The van der Waals surface area contributed by atoms with Gasteiger partial charge in [-0.2, -0.15) is 0 Å². The second kappa shape index (κ2) is 7.82. The maximum Gasteiger partial charge on any atom is 0.315 e. The summed E-state index contributed by atoms with van der Waals surface area (Å²) >= 11 is 0. The zero-order valence-corrected chi connectivity index (χ0v) is 14.6. The fraction of sp³-hybridized carbons (Fsp3) is 0.250. The third kappa shape index (κ3) is 3.91. The summed E-state index contributed by atoms with van der Waals surface area (Å²) < 4.78 is 0. The Hall–Kier alpha value is -3.15. The van der Waals surface area contributed by atoms with Gasteiger partial charge in [-0.1, -0.05) is 42.0 Å². The number of amides is 4. The second-order valence-corrected chi connectivity index (χ2v) is 6.26. The van der Waals surface area contributed by atoms with Gasteiger partial charge in [0.25, 0.3) is 11.8 Å². The van der Waals surface area contributed by atoms with Gasteiger partial charge in [0.15, 0.2) is 0 Å². The second-order valence-electron chi connectivity index (χ2n) is 6.26. The van der Waals surface area contributed by atoms with E-state index in [9.17, 15) is 14.4 Å². The Kier molecular flexibility index (Phi) is 5.31. The number of nitrogens with zero attached hydrogens (tertiary/aromatic N) is 1. The number of hydrogen-bond donors (Lipinski definition) is 2. The summed E-state index contributed by atoms with van der Waals surface area (Å²) in [6.07, 6.45) is 0.503. The maximum absolute atomic E-state index is 12.2. The molecule has 6 nitrogen and oxygen atoms in total. The number of carbonyl (C=O) groups is 3. The molecular formula is C20H21N3O3. The van der Waals surface area contributed by atoms with Crippen molar-refractivity contribution in [1.29, 1.82) is 0 Å². The van der Waals surface area contributed by atoms with E-state index in [4.69, 9.17) is 0 Å². The van der Waals surface area contributed by atoms with Crippen molar-refractivity contribution < 1.29 is 14.4 Å². The van der Waals surface area contributed by atoms with E-state index in [1.54, 1.807) is 24.3 Å². The molecular weight excluding hydrogens is 330 g/mol. The predicted octanol–water partition coefficient (Wildman–Crippen LogP) is 2.48. The molecule has 1 aliphatic rings. The van der Waals surface area contributed by atoms with Gasteiger partial charge in [-0.15, -0.1) is 0 Å². The molecule has 0 fully saturated rings. The van der Waals surface area contributed by atoms with Gasteiger partial charge < -0.3 is 10.6 Å². The molecule has 3 rings (SSSR count). The summed E-state index contributed by atoms with van der Waals surface area (Å²) in [7, 11) is 0. The normalized spacial score (nSPS) is 12.9. The molecule has 0 atom stereocenters. The SMILES string of the molecule is Cc1ccc(CNC(=O)NCCCN2C(=O)c3ccccc3C2=O)cc1. The van der Waals surface area contributed by atoms with Gasteiger partial charge in [-0.25, -0.2) is 4.79 Å². The minimum atomic E-state index is -0.270. The van der Waals surface area contributed by atoms with E-state index in [-0.39, 0.29) is 24.4 Å². The van der Waals surface area contributed by atoms with Crippen molar-refractivity contribution in [2.24, 2.45) is 0 Å². The molecule has 0 spiro atoms. The van der Waals surface area contributed by atoms with Crippen molar-refractivity contribution in [2.45, 2.75) is 19.9 Å². The summed E-state index contributed by atoms with van der Waals surface area (Å²) in [4.78, 5) is 37.5. The molecule has 0 radical (unpaired) electrons. The van der Waals surface area contributed by atoms with Crippen LogP contribution in [-0.2, 0) is 6.54 Å². The Bertz CT molecular complexity index is 795. The Morgan fingerprint density at radius 2 is 1.54 bits per heavy atom. The van der Waals surface area contributed by atoms with Crippen LogP contribution in [0.5, 0.6) is 0 Å². The molecule has 2 aromatic rings. The van der Waals surface area contributed by atoms with Crippen LogP contribution in [0.2, 0.25) is 0 Å². The van der Waals surface area contributed by atoms with E-state index in [0.717, 1.165) is 5.56 Å². The van der Waals surface area contributed by atoms with Gasteiger partial charge in [-0.05, 0) is 31.0 Å². The van der Waals surface area contributed by atoms with E-state index < -0.39 is 0 Å². The summed E-state index contributed by atoms with van der Waals surface area (Å²) in [5.41, 5.74) is 3.09. The minimum Gasteiger partial charge on any atom is -0.338 e. The molecule has 2 aromatic carbocycles. The fourth-order valence-corrected chi connectivity index (χ4v) is 2.83. The summed E-state index contributed by atoms with van der Waals surface area (Å²) in [6.45, 7) is 3.13. The molecule has 134 valence electrons. The molecule has 26 heavy (non-hydrogen) atoms. The number of benzene rings is 2. The molecule has 0 bridgehead atoms. The minimum absolute atomic E-state index is 0.269. The first kappa shape index (κ1) is 17.7. The van der Waals surface area contributed by atoms with E-state index in [1.165, 1.54) is 10.5 Å². The molecule has 0 saturated heterocycles. The molecule has 2 N–H and O–H groups in total. The standard InChI is InChI=1S/C20H21N3O3/c1-14-7-9-15(10-8-14)13-22-20(26)21-11-4-12-23-18(24)16-5-2-3-6-17(16)19(23)25/h2-3,5-10H,4,11-13H2,1H3,(H2,21,22,26). The number of hydrogen-bond acceptors (Lipinski definition) is 3. The third-order valence-electron chi connectivity index (χ3n) is 4.30. The van der Waals surface area contributed by atoms with Crippen LogP contribution in [0.4, 0.5) is 4.79 Å². The summed E-state index contributed by atoms with van der Waals surface area (Å²) in [5.74, 6) is -0.538. The van der Waals surface area contributed by atoms with Gasteiger partial charge in [-0.3, -0.25) is 14.5 Å². The Labute approximate surface area is 152 Å². The van der Waals surface area contributed by atoms with Crippen LogP contribution in [0.1, 0.15) is 38.3 Å². The summed E-state index contributed by atoms with van der Waals surface area (Å²) in [5, 5.41) is 5.52. The molecule has 0 aromatic heterocycles. The summed E-state index contributed by atoms with van der Waals surface area (Å²) in [6, 6.07) is 14.5. The van der Waals surface area contributed by atoms with Crippen LogP contribution in [0.25, 0.3) is 0 Å². The van der Waals surface area contributed by atoms with Crippen LogP contribution in [0.15, 0.2) is 48.5 Å². The molecule has 0 saturated carbocycles. The van der Waals surface area contributed by atoms with E-state index in [0.29, 0.717) is 30.6 Å². The van der Waals surface area contributed by atoms with Crippen LogP contribution in [-0.4, -0.2) is 35.8 Å². The number of urea groups is 1. The zero-order chi connectivity index (χ0) is 18.5. The highest BCUT2D eigenvalue weighted by molar-refractivity contribution is 6.21. The van der Waals surface area contributed by atoms with E-state index in [1.807, 2.05) is 31.2 Å². The highest BCUT2D eigenvalue weighted by Gasteiger charge is 2.34. The lowest BCUT2D eigenvalue weighted by Gasteiger charge is -2.14. The topological polar surface area (TPSA) is 78.5 Å². The highest BCUT2D eigenvalue weighted by Crippen LogP contribution is 2.22. The van der Waals surface area contributed by atoms with Crippen molar-refractivity contribution in [3.63, 3.8) is 0 Å². The number of rotatable bonds is 6. The lowest BCUT2D eigenvalue weighted by molar-refractivity contribution is 0.0653. The molecule has 6 heteroatoms. The molecule has 0 aliphatic carbocycles. The van der Waals surface area contributed by atoms with Gasteiger partial charge in [0.2, 0.25) is 0 Å². The number of carbonyl (C=O) groups excluding carboxylic acids is 3. The van der Waals surface area contributed by atoms with Crippen molar-refractivity contribution in [3.8, 4) is 0 Å². The average molecular weight is 351 g/mol. The van der Waals surface area contributed by atoms with Crippen molar-refractivity contribution >= 4 is 17.8 Å². The van der Waals surface area contributed by atoms with Crippen LogP contribution in [0, 0.1) is 6.92 Å². The predicted molar refractivity (Wildman–Crippen MR) is 97.8 cm³/mol. The quantitative estimate of drug-likeness (QED) is 0.620. The zero-order valence-electron chi connectivity index (χ0n) is 14.6. The van der Waals surface area contributed by atoms with Crippen LogP contribution in [0.3, 0.4) is 0 Å². The Morgan fingerprint density at radius 3 is 2.15 bits per heavy atom. The number of imide groups is 1. The fourth-order valence-electron chi connectivity index (χ4n) is 2.83. The first-order valence-corrected chi connectivity index (χ1v) is 8.59. The van der Waals surface area contributed by atoms with Gasteiger partial charge >= 0.3 is 6.03 Å². The third-order valence-corrected chi connectivity index (χ3v) is 4.30. The largest absolute Gasteiger partial charge is 0.338 e. The van der Waals surface area contributed by atoms with Gasteiger partial charge in [0.05, 0.1) is 11.1 Å². The average Bonchev–Trinajstić information content (AvgIpc) is 2.89. The number of aryl methyl sites for hydroxylation is 1. The first-order chi connectivity index (χ1) is 12.6. The van der Waals surface area contributed by atoms with Crippen molar-refractivity contribution in [3.05, 3.63) is 70.8 Å². The van der Waals surface area contributed by atoms with E-state index in [2.05, 4.69) is 10.6 Å². The van der Waals surface area contributed by atoms with Gasteiger partial charge in [0, 0.05) is 19.6 Å². The number of fused-ring (bicyclic) bond motifs is 1. The first-order valence-electron chi connectivity index (χ1n) is 8.59. The lowest BCUT2D eigenvalue weighted by atomic mass is 10.1. The van der Waals surface area contributed by atoms with Crippen LogP contribution >= 0.6 is 0 Å². The maximum atomic E-state index is 12.2. The number of nitrogens with one attached hydrogen (secondary N) is 2. The van der Waals surface area contributed by atoms with Crippen molar-refractivity contribution in [1.82, 2.24) is 15.5 Å². The van der Waals surface area contributed by atoms with E-state index >= 15 is 0 Å². The highest BCUT2D eigenvalue weighted by atomic mass is 16.2. The molecule has 4 amide bonds. The Morgan fingerprint density at radius 1 is 0.923 bits per heavy atom. The monoisotopic (exact) mass is 351 g/mol.